The van der Waals surface area contributed by atoms with Gasteiger partial charge in [-0.25, -0.2) is 0 Å². The highest BCUT2D eigenvalue weighted by Gasteiger charge is 2.40. The third-order valence-corrected chi connectivity index (χ3v) is 3.28. The zero-order valence-electron chi connectivity index (χ0n) is 8.81. The average molecular weight is 183 g/mol. The maximum Gasteiger partial charge on any atom is 0.137 e. The minimum Gasteiger partial charge on any atom is -0.307 e. The standard InChI is InChI=1S/C11H21NO/c1-3-5-11(6-4-2)7-8-12-10(11)9-13/h9-10,12H,3-8H2,1-2H3. The van der Waals surface area contributed by atoms with Crippen molar-refractivity contribution in [2.45, 2.75) is 52.0 Å². The Morgan fingerprint density at radius 1 is 1.38 bits per heavy atom. The summed E-state index contributed by atoms with van der Waals surface area (Å²) >= 11 is 0. The van der Waals surface area contributed by atoms with Gasteiger partial charge in [0.2, 0.25) is 0 Å². The van der Waals surface area contributed by atoms with Crippen LogP contribution in [0.2, 0.25) is 0 Å². The van der Waals surface area contributed by atoms with Crippen LogP contribution in [0.25, 0.3) is 0 Å². The lowest BCUT2D eigenvalue weighted by Gasteiger charge is -2.31. The van der Waals surface area contributed by atoms with Gasteiger partial charge in [-0.1, -0.05) is 26.7 Å². The van der Waals surface area contributed by atoms with Crippen LogP contribution in [0.15, 0.2) is 0 Å². The van der Waals surface area contributed by atoms with Crippen molar-refractivity contribution < 1.29 is 4.79 Å². The number of aldehydes is 1. The maximum atomic E-state index is 10.9. The Hall–Kier alpha value is -0.370. The quantitative estimate of drug-likeness (QED) is 0.662. The molecular weight excluding hydrogens is 162 g/mol. The van der Waals surface area contributed by atoms with Gasteiger partial charge in [0.25, 0.3) is 0 Å². The largest absolute Gasteiger partial charge is 0.307 e. The molecule has 1 unspecified atom stereocenters. The van der Waals surface area contributed by atoms with E-state index in [-0.39, 0.29) is 11.5 Å². The smallest absolute Gasteiger partial charge is 0.137 e. The van der Waals surface area contributed by atoms with Crippen molar-refractivity contribution in [2.75, 3.05) is 6.54 Å². The number of hydrogen-bond acceptors (Lipinski definition) is 2. The zero-order chi connectivity index (χ0) is 9.73. The molecule has 1 aliphatic rings. The Morgan fingerprint density at radius 3 is 2.46 bits per heavy atom. The summed E-state index contributed by atoms with van der Waals surface area (Å²) in [6.07, 6.45) is 7.04. The zero-order valence-corrected chi connectivity index (χ0v) is 8.81. The molecule has 2 nitrogen and oxygen atoms in total. The van der Waals surface area contributed by atoms with Crippen LogP contribution in [0.1, 0.15) is 46.0 Å². The van der Waals surface area contributed by atoms with Crippen LogP contribution >= 0.6 is 0 Å². The van der Waals surface area contributed by atoms with Gasteiger partial charge in [-0.2, -0.15) is 0 Å². The van der Waals surface area contributed by atoms with Gasteiger partial charge in [0, 0.05) is 0 Å². The van der Waals surface area contributed by atoms with Gasteiger partial charge in [0.1, 0.15) is 6.29 Å². The lowest BCUT2D eigenvalue weighted by atomic mass is 9.74. The van der Waals surface area contributed by atoms with E-state index in [1.165, 1.54) is 32.1 Å². The van der Waals surface area contributed by atoms with Crippen LogP contribution in [0, 0.1) is 5.41 Å². The minimum absolute atomic E-state index is 0.118. The van der Waals surface area contributed by atoms with Crippen LogP contribution in [0.5, 0.6) is 0 Å². The van der Waals surface area contributed by atoms with Gasteiger partial charge in [-0.3, -0.25) is 0 Å². The molecule has 0 aromatic heterocycles. The minimum atomic E-state index is 0.118. The first-order chi connectivity index (χ1) is 6.29. The second-order valence-electron chi connectivity index (χ2n) is 4.18. The molecular formula is C11H21NO. The van der Waals surface area contributed by atoms with E-state index in [0.29, 0.717) is 0 Å². The first-order valence-corrected chi connectivity index (χ1v) is 5.47. The molecule has 2 heteroatoms. The summed E-state index contributed by atoms with van der Waals surface area (Å²) < 4.78 is 0. The third kappa shape index (κ3) is 2.11. The maximum absolute atomic E-state index is 10.9. The number of carbonyl (C=O) groups is 1. The molecule has 0 saturated carbocycles. The normalized spacial score (nSPS) is 26.2. The van der Waals surface area contributed by atoms with Gasteiger partial charge in [-0.05, 0) is 31.2 Å². The van der Waals surface area contributed by atoms with Crippen molar-refractivity contribution in [1.29, 1.82) is 0 Å². The summed E-state index contributed by atoms with van der Waals surface area (Å²) in [6.45, 7) is 5.43. The molecule has 1 rings (SSSR count). The summed E-state index contributed by atoms with van der Waals surface area (Å²) in [6, 6.07) is 0.118. The van der Waals surface area contributed by atoms with E-state index in [2.05, 4.69) is 19.2 Å². The van der Waals surface area contributed by atoms with Crippen LogP contribution in [-0.2, 0) is 4.79 Å². The summed E-state index contributed by atoms with van der Waals surface area (Å²) in [5.74, 6) is 0. The van der Waals surface area contributed by atoms with Gasteiger partial charge in [0.05, 0.1) is 6.04 Å². The molecule has 76 valence electrons. The van der Waals surface area contributed by atoms with E-state index in [0.717, 1.165) is 12.8 Å². The van der Waals surface area contributed by atoms with Crippen LogP contribution < -0.4 is 5.32 Å². The Morgan fingerprint density at radius 2 is 2.00 bits per heavy atom. The first kappa shape index (κ1) is 10.7. The number of hydrogen-bond donors (Lipinski definition) is 1. The molecule has 0 radical (unpaired) electrons. The number of rotatable bonds is 5. The molecule has 13 heavy (non-hydrogen) atoms. The number of carbonyl (C=O) groups excluding carboxylic acids is 1. The molecule has 1 saturated heterocycles. The van der Waals surface area contributed by atoms with Crippen LogP contribution in [-0.4, -0.2) is 18.9 Å². The van der Waals surface area contributed by atoms with Gasteiger partial charge < -0.3 is 10.1 Å². The first-order valence-electron chi connectivity index (χ1n) is 5.47. The molecule has 0 amide bonds. The molecule has 0 bridgehead atoms. The molecule has 1 fully saturated rings. The van der Waals surface area contributed by atoms with Crippen molar-refractivity contribution in [3.05, 3.63) is 0 Å². The van der Waals surface area contributed by atoms with E-state index in [9.17, 15) is 4.79 Å². The fourth-order valence-electron chi connectivity index (χ4n) is 2.72. The Labute approximate surface area is 81.1 Å². The Balaban J connectivity index is 2.68. The van der Waals surface area contributed by atoms with Crippen molar-refractivity contribution >= 4 is 6.29 Å². The van der Waals surface area contributed by atoms with E-state index < -0.39 is 0 Å². The molecule has 0 aliphatic carbocycles. The molecule has 1 atom stereocenters. The fraction of sp³-hybridized carbons (Fsp3) is 0.909. The third-order valence-electron chi connectivity index (χ3n) is 3.28. The summed E-state index contributed by atoms with van der Waals surface area (Å²) in [7, 11) is 0. The molecule has 1 heterocycles. The summed E-state index contributed by atoms with van der Waals surface area (Å²) in [5, 5.41) is 3.30. The fourth-order valence-corrected chi connectivity index (χ4v) is 2.72. The monoisotopic (exact) mass is 183 g/mol. The lowest BCUT2D eigenvalue weighted by Crippen LogP contribution is -2.38. The topological polar surface area (TPSA) is 29.1 Å². The van der Waals surface area contributed by atoms with E-state index in [1.807, 2.05) is 0 Å². The summed E-state index contributed by atoms with van der Waals surface area (Å²) in [4.78, 5) is 10.9. The SMILES string of the molecule is CCCC1(CCC)CCNC1C=O. The Kier molecular flexibility index (Phi) is 3.91. The predicted octanol–water partition coefficient (Wildman–Crippen LogP) is 2.13. The highest BCUT2D eigenvalue weighted by atomic mass is 16.1. The lowest BCUT2D eigenvalue weighted by molar-refractivity contribution is -0.111. The second-order valence-corrected chi connectivity index (χ2v) is 4.18. The molecule has 0 spiro atoms. The van der Waals surface area contributed by atoms with E-state index >= 15 is 0 Å². The molecule has 0 aromatic rings. The van der Waals surface area contributed by atoms with Crippen molar-refractivity contribution in [1.82, 2.24) is 5.32 Å². The van der Waals surface area contributed by atoms with Gasteiger partial charge >= 0.3 is 0 Å². The average Bonchev–Trinajstić information content (AvgIpc) is 2.49. The van der Waals surface area contributed by atoms with Crippen molar-refractivity contribution in [2.24, 2.45) is 5.41 Å². The highest BCUT2D eigenvalue weighted by Crippen LogP contribution is 2.39. The van der Waals surface area contributed by atoms with E-state index in [1.54, 1.807) is 0 Å². The van der Waals surface area contributed by atoms with Gasteiger partial charge in [0.15, 0.2) is 0 Å². The molecule has 1 N–H and O–H groups in total. The number of nitrogens with one attached hydrogen (secondary N) is 1. The molecule has 1 aliphatic heterocycles. The van der Waals surface area contributed by atoms with Crippen molar-refractivity contribution in [3.8, 4) is 0 Å². The van der Waals surface area contributed by atoms with Crippen LogP contribution in [0.3, 0.4) is 0 Å². The predicted molar refractivity (Wildman–Crippen MR) is 54.7 cm³/mol. The molecule has 0 aromatic carbocycles. The van der Waals surface area contributed by atoms with E-state index in [4.69, 9.17) is 0 Å². The summed E-state index contributed by atoms with van der Waals surface area (Å²) in [5.41, 5.74) is 0.283. The van der Waals surface area contributed by atoms with Crippen molar-refractivity contribution in [3.63, 3.8) is 0 Å². The highest BCUT2D eigenvalue weighted by molar-refractivity contribution is 5.60. The van der Waals surface area contributed by atoms with Crippen LogP contribution in [0.4, 0.5) is 0 Å². The Bertz CT molecular complexity index is 161. The van der Waals surface area contributed by atoms with Gasteiger partial charge in [-0.15, -0.1) is 0 Å². The second kappa shape index (κ2) is 4.75.